The number of aromatic nitrogens is 1. The third-order valence-corrected chi connectivity index (χ3v) is 3.21. The van der Waals surface area contributed by atoms with Gasteiger partial charge in [0, 0.05) is 28.9 Å². The average Bonchev–Trinajstić information content (AvgIpc) is 2.49. The molecule has 0 bridgehead atoms. The first-order valence-corrected chi connectivity index (χ1v) is 6.32. The maximum Gasteiger partial charge on any atom is 0.139 e. The Morgan fingerprint density at radius 2 is 1.85 bits per heavy atom. The summed E-state index contributed by atoms with van der Waals surface area (Å²) in [5.74, 6) is 0. The predicted octanol–water partition coefficient (Wildman–Crippen LogP) is 4.68. The number of anilines is 2. The van der Waals surface area contributed by atoms with E-state index in [4.69, 9.17) is 0 Å². The van der Waals surface area contributed by atoms with Crippen LogP contribution in [0.15, 0.2) is 60.0 Å². The first kappa shape index (κ1) is 12.3. The zero-order chi connectivity index (χ0) is 13.9. The fraction of sp³-hybridized carbons (Fsp3) is 0.0625. The Hall–Kier alpha value is -2.75. The first-order chi connectivity index (χ1) is 9.78. The second-order valence-corrected chi connectivity index (χ2v) is 4.64. The Labute approximate surface area is 116 Å². The Kier molecular flexibility index (Phi) is 3.13. The van der Waals surface area contributed by atoms with Crippen LogP contribution in [0.5, 0.6) is 0 Å². The molecule has 3 aromatic rings. The van der Waals surface area contributed by atoms with Crippen molar-refractivity contribution in [2.24, 2.45) is 5.18 Å². The van der Waals surface area contributed by atoms with Gasteiger partial charge in [0.1, 0.15) is 5.69 Å². The number of nitroso groups, excluding NO2 is 1. The lowest BCUT2D eigenvalue weighted by atomic mass is 10.1. The number of hydrogen-bond acceptors (Lipinski definition) is 4. The molecule has 1 aromatic heterocycles. The maximum atomic E-state index is 11.2. The molecule has 98 valence electrons. The second-order valence-electron chi connectivity index (χ2n) is 4.64. The molecule has 0 atom stereocenters. The zero-order valence-electron chi connectivity index (χ0n) is 11.0. The molecule has 0 saturated carbocycles. The van der Waals surface area contributed by atoms with E-state index >= 15 is 0 Å². The second kappa shape index (κ2) is 5.09. The van der Waals surface area contributed by atoms with Crippen molar-refractivity contribution in [3.05, 3.63) is 65.3 Å². The van der Waals surface area contributed by atoms with Gasteiger partial charge in [-0.25, -0.2) is 0 Å². The van der Waals surface area contributed by atoms with Gasteiger partial charge in [-0.05, 0) is 36.4 Å². The summed E-state index contributed by atoms with van der Waals surface area (Å²) in [6, 6.07) is 13.5. The van der Waals surface area contributed by atoms with Crippen LogP contribution in [0.4, 0.5) is 17.1 Å². The van der Waals surface area contributed by atoms with E-state index in [0.29, 0.717) is 11.4 Å². The molecule has 0 fully saturated rings. The molecule has 2 aromatic carbocycles. The van der Waals surface area contributed by atoms with Gasteiger partial charge in [0.05, 0.1) is 5.69 Å². The van der Waals surface area contributed by atoms with Crippen LogP contribution in [0.3, 0.4) is 0 Å². The fourth-order valence-electron chi connectivity index (χ4n) is 2.14. The largest absolute Gasteiger partial charge is 0.354 e. The molecular weight excluding hydrogens is 250 g/mol. The van der Waals surface area contributed by atoms with Gasteiger partial charge in [-0.15, -0.1) is 4.91 Å². The highest BCUT2D eigenvalue weighted by Crippen LogP contribution is 2.35. The Morgan fingerprint density at radius 1 is 1.05 bits per heavy atom. The number of fused-ring (bicyclic) bond motifs is 1. The molecule has 1 heterocycles. The van der Waals surface area contributed by atoms with E-state index in [-0.39, 0.29) is 0 Å². The van der Waals surface area contributed by atoms with Crippen LogP contribution >= 0.6 is 0 Å². The summed E-state index contributed by atoms with van der Waals surface area (Å²) in [6.45, 7) is 2.03. The van der Waals surface area contributed by atoms with Gasteiger partial charge >= 0.3 is 0 Å². The number of pyridine rings is 1. The summed E-state index contributed by atoms with van der Waals surface area (Å²) >= 11 is 0. The molecule has 3 rings (SSSR count). The van der Waals surface area contributed by atoms with Gasteiger partial charge in [-0.3, -0.25) is 4.98 Å². The smallest absolute Gasteiger partial charge is 0.139 e. The lowest BCUT2D eigenvalue weighted by molar-refractivity contribution is 1.36. The van der Waals surface area contributed by atoms with Gasteiger partial charge in [-0.2, -0.15) is 0 Å². The van der Waals surface area contributed by atoms with E-state index in [0.717, 1.165) is 16.5 Å². The van der Waals surface area contributed by atoms with Crippen molar-refractivity contribution in [2.45, 2.75) is 6.92 Å². The lowest BCUT2D eigenvalue weighted by Crippen LogP contribution is -1.91. The number of nitrogens with zero attached hydrogens (tertiary/aromatic N) is 2. The van der Waals surface area contributed by atoms with Crippen molar-refractivity contribution in [3.63, 3.8) is 0 Å². The minimum Gasteiger partial charge on any atom is -0.354 e. The first-order valence-electron chi connectivity index (χ1n) is 6.32. The molecule has 0 unspecified atom stereocenters. The van der Waals surface area contributed by atoms with Crippen LogP contribution in [0.25, 0.3) is 10.8 Å². The number of rotatable bonds is 3. The van der Waals surface area contributed by atoms with Crippen molar-refractivity contribution in [2.75, 3.05) is 5.32 Å². The summed E-state index contributed by atoms with van der Waals surface area (Å²) in [7, 11) is 0. The van der Waals surface area contributed by atoms with Gasteiger partial charge in [0.2, 0.25) is 0 Å². The van der Waals surface area contributed by atoms with Crippen LogP contribution in [0.1, 0.15) is 5.56 Å². The Morgan fingerprint density at radius 3 is 2.60 bits per heavy atom. The highest BCUT2D eigenvalue weighted by atomic mass is 16.3. The molecule has 4 nitrogen and oxygen atoms in total. The topological polar surface area (TPSA) is 54.4 Å². The molecular formula is C16H13N3O. The molecule has 0 saturated heterocycles. The SMILES string of the molecule is Cc1ccc(Nc2ccc3cnccc3c2N=O)cc1. The molecule has 0 radical (unpaired) electrons. The van der Waals surface area contributed by atoms with Crippen LogP contribution in [0.2, 0.25) is 0 Å². The third kappa shape index (κ3) is 2.23. The summed E-state index contributed by atoms with van der Waals surface area (Å²) in [6.07, 6.45) is 3.38. The maximum absolute atomic E-state index is 11.2. The van der Waals surface area contributed by atoms with E-state index in [1.54, 1.807) is 18.5 Å². The van der Waals surface area contributed by atoms with E-state index in [9.17, 15) is 4.91 Å². The monoisotopic (exact) mass is 263 g/mol. The summed E-state index contributed by atoms with van der Waals surface area (Å²) in [4.78, 5) is 15.2. The van der Waals surface area contributed by atoms with E-state index in [1.165, 1.54) is 5.56 Å². The van der Waals surface area contributed by atoms with Gasteiger partial charge < -0.3 is 5.32 Å². The van der Waals surface area contributed by atoms with Crippen LogP contribution in [0, 0.1) is 11.8 Å². The highest BCUT2D eigenvalue weighted by molar-refractivity contribution is 5.98. The number of hydrogen-bond donors (Lipinski definition) is 1. The van der Waals surface area contributed by atoms with Crippen molar-refractivity contribution in [1.29, 1.82) is 0 Å². The van der Waals surface area contributed by atoms with Crippen molar-refractivity contribution < 1.29 is 0 Å². The summed E-state index contributed by atoms with van der Waals surface area (Å²) < 4.78 is 0. The van der Waals surface area contributed by atoms with Gasteiger partial charge in [-0.1, -0.05) is 23.8 Å². The van der Waals surface area contributed by atoms with E-state index in [2.05, 4.69) is 15.5 Å². The lowest BCUT2D eigenvalue weighted by Gasteiger charge is -2.10. The number of benzene rings is 2. The molecule has 1 N–H and O–H groups in total. The van der Waals surface area contributed by atoms with Crippen molar-refractivity contribution in [3.8, 4) is 0 Å². The van der Waals surface area contributed by atoms with E-state index < -0.39 is 0 Å². The Balaban J connectivity index is 2.07. The minimum atomic E-state index is 0.408. The normalized spacial score (nSPS) is 10.4. The highest BCUT2D eigenvalue weighted by Gasteiger charge is 2.08. The van der Waals surface area contributed by atoms with Gasteiger partial charge in [0.15, 0.2) is 0 Å². The van der Waals surface area contributed by atoms with Gasteiger partial charge in [0.25, 0.3) is 0 Å². The molecule has 0 aliphatic rings. The standard InChI is InChI=1S/C16H13N3O/c1-11-2-5-13(6-3-11)18-15-7-4-12-10-17-9-8-14(12)16(15)19-20/h2-10,18H,1H3. The van der Waals surface area contributed by atoms with Crippen LogP contribution in [-0.4, -0.2) is 4.98 Å². The zero-order valence-corrected chi connectivity index (χ0v) is 11.0. The average molecular weight is 263 g/mol. The number of nitrogens with one attached hydrogen (secondary N) is 1. The Bertz CT molecular complexity index is 766. The van der Waals surface area contributed by atoms with Crippen molar-refractivity contribution in [1.82, 2.24) is 4.98 Å². The number of aryl methyl sites for hydroxylation is 1. The van der Waals surface area contributed by atoms with Crippen LogP contribution < -0.4 is 5.32 Å². The molecule has 0 aliphatic carbocycles. The molecule has 0 amide bonds. The predicted molar refractivity (Wildman–Crippen MR) is 81.7 cm³/mol. The van der Waals surface area contributed by atoms with Crippen molar-refractivity contribution >= 4 is 27.8 Å². The quantitative estimate of drug-likeness (QED) is 0.698. The summed E-state index contributed by atoms with van der Waals surface area (Å²) in [5.41, 5.74) is 3.22. The minimum absolute atomic E-state index is 0.408. The molecule has 0 aliphatic heterocycles. The molecule has 0 spiro atoms. The molecule has 4 heteroatoms. The van der Waals surface area contributed by atoms with E-state index in [1.807, 2.05) is 43.3 Å². The van der Waals surface area contributed by atoms with Crippen LogP contribution in [-0.2, 0) is 0 Å². The summed E-state index contributed by atoms with van der Waals surface area (Å²) in [5, 5.41) is 8.10. The third-order valence-electron chi connectivity index (χ3n) is 3.21. The molecule has 20 heavy (non-hydrogen) atoms. The fourth-order valence-corrected chi connectivity index (χ4v) is 2.14.